The lowest BCUT2D eigenvalue weighted by Crippen LogP contribution is -2.40. The molecule has 1 aliphatic heterocycles. The van der Waals surface area contributed by atoms with Crippen molar-refractivity contribution in [2.24, 2.45) is 10.9 Å². The fourth-order valence-corrected chi connectivity index (χ4v) is 3.38. The minimum Gasteiger partial charge on any atom is -0.373 e. The summed E-state index contributed by atoms with van der Waals surface area (Å²) >= 11 is 0. The van der Waals surface area contributed by atoms with Gasteiger partial charge in [0.1, 0.15) is 0 Å². The number of ether oxygens (including phenoxy) is 1. The minimum atomic E-state index is 0.169. The summed E-state index contributed by atoms with van der Waals surface area (Å²) in [6, 6.07) is 18.9. The molecule has 2 N–H and O–H groups in total. The molecule has 1 fully saturated rings. The van der Waals surface area contributed by atoms with E-state index in [1.54, 1.807) is 0 Å². The van der Waals surface area contributed by atoms with E-state index in [0.717, 1.165) is 32.1 Å². The number of benzene rings is 2. The molecule has 4 heteroatoms. The zero-order chi connectivity index (χ0) is 18.2. The maximum absolute atomic E-state index is 5.99. The van der Waals surface area contributed by atoms with Gasteiger partial charge in [0.05, 0.1) is 12.6 Å². The van der Waals surface area contributed by atoms with Crippen LogP contribution in [0.25, 0.3) is 0 Å². The van der Waals surface area contributed by atoms with E-state index < -0.39 is 0 Å². The molecule has 1 aliphatic rings. The van der Waals surface area contributed by atoms with Gasteiger partial charge in [0.25, 0.3) is 0 Å². The normalized spacial score (nSPS) is 20.2. The highest BCUT2D eigenvalue weighted by molar-refractivity contribution is 5.79. The first-order valence-electron chi connectivity index (χ1n) is 9.51. The quantitative estimate of drug-likeness (QED) is 0.614. The first-order chi connectivity index (χ1) is 12.8. The van der Waals surface area contributed by atoms with E-state index in [2.05, 4.69) is 73.0 Å². The standard InChI is InChI=1S/C22H29N3O/c1-3-23-22(24-15-19-12-8-7-9-17(19)2)25-16-20-13-14-26-21(20)18-10-5-4-6-11-18/h4-12,20-21H,3,13-16H2,1-2H3,(H2,23,24,25). The Morgan fingerprint density at radius 2 is 1.85 bits per heavy atom. The molecule has 3 rings (SSSR count). The lowest BCUT2D eigenvalue weighted by molar-refractivity contribution is 0.0915. The van der Waals surface area contributed by atoms with Gasteiger partial charge in [-0.25, -0.2) is 4.99 Å². The van der Waals surface area contributed by atoms with Gasteiger partial charge in [-0.05, 0) is 37.0 Å². The summed E-state index contributed by atoms with van der Waals surface area (Å²) in [6.07, 6.45) is 1.24. The van der Waals surface area contributed by atoms with E-state index in [4.69, 9.17) is 9.73 Å². The molecule has 138 valence electrons. The lowest BCUT2D eigenvalue weighted by Gasteiger charge is -2.21. The topological polar surface area (TPSA) is 45.7 Å². The van der Waals surface area contributed by atoms with Crippen LogP contribution < -0.4 is 10.6 Å². The van der Waals surface area contributed by atoms with Gasteiger partial charge in [0.15, 0.2) is 5.96 Å². The third kappa shape index (κ3) is 4.85. The van der Waals surface area contributed by atoms with Crippen LogP contribution in [0.2, 0.25) is 0 Å². The molecule has 4 nitrogen and oxygen atoms in total. The Hall–Kier alpha value is -2.33. The molecule has 2 unspecified atom stereocenters. The lowest BCUT2D eigenvalue weighted by atomic mass is 9.95. The van der Waals surface area contributed by atoms with Gasteiger partial charge >= 0.3 is 0 Å². The van der Waals surface area contributed by atoms with Crippen molar-refractivity contribution < 1.29 is 4.74 Å². The average molecular weight is 351 g/mol. The summed E-state index contributed by atoms with van der Waals surface area (Å²) < 4.78 is 5.99. The van der Waals surface area contributed by atoms with Gasteiger partial charge in [-0.2, -0.15) is 0 Å². The molecule has 0 amide bonds. The summed E-state index contributed by atoms with van der Waals surface area (Å²) in [6.45, 7) is 7.44. The SMILES string of the molecule is CCNC(=NCc1ccccc1C)NCC1CCOC1c1ccccc1. The number of hydrogen-bond acceptors (Lipinski definition) is 2. The summed E-state index contributed by atoms with van der Waals surface area (Å²) in [5.41, 5.74) is 3.80. The Kier molecular flexibility index (Phi) is 6.67. The summed E-state index contributed by atoms with van der Waals surface area (Å²) in [5.74, 6) is 1.33. The fraction of sp³-hybridized carbons (Fsp3) is 0.409. The summed E-state index contributed by atoms with van der Waals surface area (Å²) in [5, 5.41) is 6.86. The summed E-state index contributed by atoms with van der Waals surface area (Å²) in [7, 11) is 0. The smallest absolute Gasteiger partial charge is 0.191 e. The molecule has 0 saturated carbocycles. The highest BCUT2D eigenvalue weighted by Gasteiger charge is 2.29. The molecule has 2 aromatic carbocycles. The Morgan fingerprint density at radius 1 is 1.08 bits per heavy atom. The van der Waals surface area contributed by atoms with Gasteiger partial charge in [-0.15, -0.1) is 0 Å². The fourth-order valence-electron chi connectivity index (χ4n) is 3.38. The molecule has 0 radical (unpaired) electrons. The number of aryl methyl sites for hydroxylation is 1. The number of aliphatic imine (C=N–C) groups is 1. The second kappa shape index (κ2) is 9.39. The maximum atomic E-state index is 5.99. The molecule has 1 saturated heterocycles. The Labute approximate surface area is 156 Å². The van der Waals surface area contributed by atoms with Gasteiger partial charge < -0.3 is 15.4 Å². The summed E-state index contributed by atoms with van der Waals surface area (Å²) in [4.78, 5) is 4.76. The second-order valence-corrected chi connectivity index (χ2v) is 6.75. The largest absolute Gasteiger partial charge is 0.373 e. The molecule has 0 aliphatic carbocycles. The zero-order valence-corrected chi connectivity index (χ0v) is 15.7. The van der Waals surface area contributed by atoms with Crippen LogP contribution in [0, 0.1) is 12.8 Å². The third-order valence-electron chi connectivity index (χ3n) is 4.89. The Morgan fingerprint density at radius 3 is 2.62 bits per heavy atom. The zero-order valence-electron chi connectivity index (χ0n) is 15.7. The number of hydrogen-bond donors (Lipinski definition) is 2. The molecule has 2 atom stereocenters. The number of nitrogens with zero attached hydrogens (tertiary/aromatic N) is 1. The van der Waals surface area contributed by atoms with Crippen LogP contribution in [-0.4, -0.2) is 25.7 Å². The van der Waals surface area contributed by atoms with Crippen LogP contribution in [0.1, 0.15) is 36.1 Å². The van der Waals surface area contributed by atoms with Gasteiger partial charge in [-0.1, -0.05) is 54.6 Å². The van der Waals surface area contributed by atoms with E-state index >= 15 is 0 Å². The maximum Gasteiger partial charge on any atom is 0.191 e. The highest BCUT2D eigenvalue weighted by atomic mass is 16.5. The molecule has 1 heterocycles. The van der Waals surface area contributed by atoms with Crippen LogP contribution in [-0.2, 0) is 11.3 Å². The van der Waals surface area contributed by atoms with Crippen molar-refractivity contribution in [2.45, 2.75) is 32.9 Å². The van der Waals surface area contributed by atoms with Gasteiger partial charge in [0, 0.05) is 25.6 Å². The molecule has 0 bridgehead atoms. The monoisotopic (exact) mass is 351 g/mol. The van der Waals surface area contributed by atoms with E-state index in [9.17, 15) is 0 Å². The van der Waals surface area contributed by atoms with Gasteiger partial charge in [-0.3, -0.25) is 0 Å². The molecular weight excluding hydrogens is 322 g/mol. The first-order valence-corrected chi connectivity index (χ1v) is 9.51. The molecule has 0 spiro atoms. The number of rotatable bonds is 6. The van der Waals surface area contributed by atoms with Crippen LogP contribution >= 0.6 is 0 Å². The van der Waals surface area contributed by atoms with Crippen molar-refractivity contribution in [1.82, 2.24) is 10.6 Å². The van der Waals surface area contributed by atoms with E-state index in [1.807, 2.05) is 6.07 Å². The van der Waals surface area contributed by atoms with Crippen molar-refractivity contribution in [2.75, 3.05) is 19.7 Å². The van der Waals surface area contributed by atoms with Crippen molar-refractivity contribution in [3.05, 3.63) is 71.3 Å². The van der Waals surface area contributed by atoms with E-state index in [1.165, 1.54) is 16.7 Å². The van der Waals surface area contributed by atoms with E-state index in [0.29, 0.717) is 12.5 Å². The molecular formula is C22H29N3O. The van der Waals surface area contributed by atoms with Crippen LogP contribution in [0.5, 0.6) is 0 Å². The Balaban J connectivity index is 1.61. The van der Waals surface area contributed by atoms with Crippen LogP contribution in [0.4, 0.5) is 0 Å². The van der Waals surface area contributed by atoms with E-state index in [-0.39, 0.29) is 6.10 Å². The van der Waals surface area contributed by atoms with Gasteiger partial charge in [0.2, 0.25) is 0 Å². The third-order valence-corrected chi connectivity index (χ3v) is 4.89. The first kappa shape index (κ1) is 18.5. The minimum absolute atomic E-state index is 0.169. The second-order valence-electron chi connectivity index (χ2n) is 6.75. The van der Waals surface area contributed by atoms with Crippen molar-refractivity contribution >= 4 is 5.96 Å². The van der Waals surface area contributed by atoms with Crippen molar-refractivity contribution in [1.29, 1.82) is 0 Å². The predicted molar refractivity (Wildman–Crippen MR) is 107 cm³/mol. The molecule has 0 aromatic heterocycles. The van der Waals surface area contributed by atoms with Crippen LogP contribution in [0.3, 0.4) is 0 Å². The molecule has 2 aromatic rings. The number of guanidine groups is 1. The number of nitrogens with one attached hydrogen (secondary N) is 2. The van der Waals surface area contributed by atoms with Crippen LogP contribution in [0.15, 0.2) is 59.6 Å². The molecule has 26 heavy (non-hydrogen) atoms. The van der Waals surface area contributed by atoms with Crippen molar-refractivity contribution in [3.8, 4) is 0 Å². The Bertz CT molecular complexity index is 714. The predicted octanol–water partition coefficient (Wildman–Crippen LogP) is 3.83. The van der Waals surface area contributed by atoms with Crippen molar-refractivity contribution in [3.63, 3.8) is 0 Å². The highest BCUT2D eigenvalue weighted by Crippen LogP contribution is 2.33. The average Bonchev–Trinajstić information content (AvgIpc) is 3.14.